The molecule has 0 spiro atoms. The fraction of sp³-hybridized carbons (Fsp3) is 0.111. The zero-order valence-corrected chi connectivity index (χ0v) is 7.38. The van der Waals surface area contributed by atoms with E-state index in [1.807, 2.05) is 6.07 Å². The van der Waals surface area contributed by atoms with Gasteiger partial charge in [0.2, 0.25) is 0 Å². The number of carboxylic acid groups (broad SMARTS) is 1. The molecule has 0 fully saturated rings. The molecule has 13 heavy (non-hydrogen) atoms. The monoisotopic (exact) mass is 195 g/mol. The van der Waals surface area contributed by atoms with Gasteiger partial charge in [-0.05, 0) is 17.7 Å². The number of nitrogens with zero attached hydrogens (tertiary/aromatic N) is 1. The van der Waals surface area contributed by atoms with Gasteiger partial charge in [0.05, 0.1) is 18.1 Å². The van der Waals surface area contributed by atoms with E-state index in [2.05, 4.69) is 0 Å². The summed E-state index contributed by atoms with van der Waals surface area (Å²) in [7, 11) is 0. The maximum absolute atomic E-state index is 10.7. The van der Waals surface area contributed by atoms with Gasteiger partial charge in [0.1, 0.15) is 0 Å². The molecule has 3 nitrogen and oxygen atoms in total. The van der Waals surface area contributed by atoms with Crippen LogP contribution >= 0.6 is 11.6 Å². The van der Waals surface area contributed by atoms with Crippen LogP contribution in [-0.2, 0) is 6.42 Å². The van der Waals surface area contributed by atoms with Crippen molar-refractivity contribution in [3.05, 3.63) is 34.3 Å². The van der Waals surface area contributed by atoms with Crippen molar-refractivity contribution in [3.63, 3.8) is 0 Å². The highest BCUT2D eigenvalue weighted by molar-refractivity contribution is 6.30. The summed E-state index contributed by atoms with van der Waals surface area (Å²) < 4.78 is 0. The lowest BCUT2D eigenvalue weighted by Gasteiger charge is -2.01. The van der Waals surface area contributed by atoms with Crippen LogP contribution in [0.4, 0.5) is 0 Å². The van der Waals surface area contributed by atoms with E-state index in [9.17, 15) is 4.79 Å². The third-order valence-electron chi connectivity index (χ3n) is 1.57. The molecule has 0 saturated heterocycles. The Bertz CT molecular complexity index is 382. The molecule has 0 atom stereocenters. The Hall–Kier alpha value is -1.53. The highest BCUT2D eigenvalue weighted by Crippen LogP contribution is 2.16. The Labute approximate surface area is 80.2 Å². The van der Waals surface area contributed by atoms with E-state index >= 15 is 0 Å². The summed E-state index contributed by atoms with van der Waals surface area (Å²) in [5.41, 5.74) is 0.577. The van der Waals surface area contributed by atoms with Crippen molar-refractivity contribution in [2.45, 2.75) is 6.42 Å². The van der Waals surface area contributed by atoms with E-state index in [0.29, 0.717) is 10.6 Å². The molecular formula is C9H6ClNO2. The van der Waals surface area contributed by atoms with Crippen molar-refractivity contribution in [3.8, 4) is 6.07 Å². The highest BCUT2D eigenvalue weighted by atomic mass is 35.5. The Balaban J connectivity index is 3.20. The van der Waals surface area contributed by atoms with Crippen molar-refractivity contribution < 1.29 is 9.90 Å². The Morgan fingerprint density at radius 1 is 1.62 bits per heavy atom. The average Bonchev–Trinajstić information content (AvgIpc) is 2.08. The number of halogens is 1. The van der Waals surface area contributed by atoms with Gasteiger partial charge in [-0.15, -0.1) is 0 Å². The lowest BCUT2D eigenvalue weighted by Crippen LogP contribution is -2.01. The summed E-state index contributed by atoms with van der Waals surface area (Å²) in [6, 6.07) is 6.36. The van der Waals surface area contributed by atoms with Gasteiger partial charge >= 0.3 is 5.97 Å². The van der Waals surface area contributed by atoms with Gasteiger partial charge in [-0.3, -0.25) is 0 Å². The molecule has 1 rings (SSSR count). The number of aromatic carboxylic acids is 1. The molecule has 0 saturated carbocycles. The molecule has 0 heterocycles. The van der Waals surface area contributed by atoms with Crippen LogP contribution in [0.5, 0.6) is 0 Å². The van der Waals surface area contributed by atoms with E-state index in [0.717, 1.165) is 0 Å². The number of benzene rings is 1. The van der Waals surface area contributed by atoms with Gasteiger partial charge in [-0.1, -0.05) is 17.7 Å². The summed E-state index contributed by atoms with van der Waals surface area (Å²) in [4.78, 5) is 10.7. The number of carbonyl (C=O) groups is 1. The van der Waals surface area contributed by atoms with Gasteiger partial charge in [0.25, 0.3) is 0 Å². The van der Waals surface area contributed by atoms with Gasteiger partial charge in [-0.2, -0.15) is 5.26 Å². The Morgan fingerprint density at radius 3 is 2.85 bits per heavy atom. The number of hydrogen-bond donors (Lipinski definition) is 1. The fourth-order valence-electron chi connectivity index (χ4n) is 0.987. The maximum Gasteiger partial charge on any atom is 0.336 e. The second kappa shape index (κ2) is 3.92. The second-order valence-electron chi connectivity index (χ2n) is 2.44. The molecule has 1 aromatic carbocycles. The summed E-state index contributed by atoms with van der Waals surface area (Å²) >= 11 is 5.61. The Morgan fingerprint density at radius 2 is 2.31 bits per heavy atom. The summed E-state index contributed by atoms with van der Waals surface area (Å²) in [5, 5.41) is 17.5. The third-order valence-corrected chi connectivity index (χ3v) is 1.81. The number of carboxylic acids is 1. The van der Waals surface area contributed by atoms with Gasteiger partial charge in [0, 0.05) is 5.02 Å². The maximum atomic E-state index is 10.7. The van der Waals surface area contributed by atoms with Gasteiger partial charge in [0.15, 0.2) is 0 Å². The number of rotatable bonds is 2. The molecule has 0 radical (unpaired) electrons. The van der Waals surface area contributed by atoms with E-state index < -0.39 is 5.97 Å². The molecule has 1 aromatic rings. The predicted molar refractivity (Wildman–Crippen MR) is 47.7 cm³/mol. The van der Waals surface area contributed by atoms with E-state index in [1.54, 1.807) is 12.1 Å². The Kier molecular flexibility index (Phi) is 2.88. The molecule has 0 aliphatic heterocycles. The van der Waals surface area contributed by atoms with Crippen molar-refractivity contribution in [1.82, 2.24) is 0 Å². The molecule has 4 heteroatoms. The minimum absolute atomic E-state index is 0.0821. The highest BCUT2D eigenvalue weighted by Gasteiger charge is 2.09. The summed E-state index contributed by atoms with van der Waals surface area (Å²) in [6.45, 7) is 0. The first kappa shape index (κ1) is 9.56. The van der Waals surface area contributed by atoms with Crippen molar-refractivity contribution >= 4 is 17.6 Å². The smallest absolute Gasteiger partial charge is 0.336 e. The zero-order chi connectivity index (χ0) is 9.84. The molecule has 1 N–H and O–H groups in total. The first-order chi connectivity index (χ1) is 6.15. The van der Waals surface area contributed by atoms with E-state index in [1.165, 1.54) is 6.07 Å². The van der Waals surface area contributed by atoms with Gasteiger partial charge in [-0.25, -0.2) is 4.79 Å². The van der Waals surface area contributed by atoms with Gasteiger partial charge < -0.3 is 5.11 Å². The average molecular weight is 196 g/mol. The topological polar surface area (TPSA) is 61.1 Å². The zero-order valence-electron chi connectivity index (χ0n) is 6.62. The second-order valence-corrected chi connectivity index (χ2v) is 2.88. The van der Waals surface area contributed by atoms with Crippen molar-refractivity contribution in [2.24, 2.45) is 0 Å². The fourth-order valence-corrected chi connectivity index (χ4v) is 1.16. The molecule has 0 aliphatic carbocycles. The van der Waals surface area contributed by atoms with Crippen LogP contribution in [0.1, 0.15) is 15.9 Å². The van der Waals surface area contributed by atoms with E-state index in [-0.39, 0.29) is 12.0 Å². The minimum atomic E-state index is -1.06. The van der Waals surface area contributed by atoms with Crippen LogP contribution < -0.4 is 0 Å². The summed E-state index contributed by atoms with van der Waals surface area (Å²) in [5.74, 6) is -1.06. The number of hydrogen-bond acceptors (Lipinski definition) is 2. The van der Waals surface area contributed by atoms with Crippen LogP contribution in [0.25, 0.3) is 0 Å². The first-order valence-electron chi connectivity index (χ1n) is 3.54. The van der Waals surface area contributed by atoms with Crippen LogP contribution in [0.3, 0.4) is 0 Å². The van der Waals surface area contributed by atoms with Crippen LogP contribution in [0, 0.1) is 11.3 Å². The molecular weight excluding hydrogens is 190 g/mol. The van der Waals surface area contributed by atoms with Crippen LogP contribution in [0.2, 0.25) is 5.02 Å². The lowest BCUT2D eigenvalue weighted by atomic mass is 10.1. The molecule has 0 aliphatic rings. The standard InChI is InChI=1S/C9H6ClNO2/c10-7-2-1-6(3-4-11)8(5-7)9(12)13/h1-2,5H,3H2,(H,12,13). The first-order valence-corrected chi connectivity index (χ1v) is 3.91. The minimum Gasteiger partial charge on any atom is -0.478 e. The molecule has 0 amide bonds. The van der Waals surface area contributed by atoms with Crippen LogP contribution in [-0.4, -0.2) is 11.1 Å². The van der Waals surface area contributed by atoms with Crippen LogP contribution in [0.15, 0.2) is 18.2 Å². The molecule has 0 unspecified atom stereocenters. The number of nitriles is 1. The van der Waals surface area contributed by atoms with Crippen molar-refractivity contribution in [1.29, 1.82) is 5.26 Å². The quantitative estimate of drug-likeness (QED) is 0.786. The third kappa shape index (κ3) is 2.20. The lowest BCUT2D eigenvalue weighted by molar-refractivity contribution is 0.0696. The SMILES string of the molecule is N#CCc1ccc(Cl)cc1C(=O)O. The largest absolute Gasteiger partial charge is 0.478 e. The molecule has 0 aromatic heterocycles. The predicted octanol–water partition coefficient (Wildman–Crippen LogP) is 2.10. The molecule has 0 bridgehead atoms. The normalized spacial score (nSPS) is 9.23. The van der Waals surface area contributed by atoms with Crippen molar-refractivity contribution in [2.75, 3.05) is 0 Å². The summed E-state index contributed by atoms with van der Waals surface area (Å²) in [6.07, 6.45) is 0.0821. The molecule has 66 valence electrons. The van der Waals surface area contributed by atoms with E-state index in [4.69, 9.17) is 22.0 Å².